The van der Waals surface area contributed by atoms with Gasteiger partial charge in [0.25, 0.3) is 0 Å². The van der Waals surface area contributed by atoms with Crippen LogP contribution >= 0.6 is 0 Å². The van der Waals surface area contributed by atoms with Gasteiger partial charge in [-0.2, -0.15) is 0 Å². The molecule has 0 aliphatic rings. The zero-order valence-electron chi connectivity index (χ0n) is 10.7. The average molecular weight is 238 g/mol. The second kappa shape index (κ2) is 7.84. The fourth-order valence-electron chi connectivity index (χ4n) is 1.53. The smallest absolute Gasteiger partial charge is 0.133 e. The molecule has 0 saturated carbocycles. The van der Waals surface area contributed by atoms with E-state index in [0.717, 1.165) is 50.5 Å². The molecule has 0 atom stereocenters. The minimum Gasteiger partial charge on any atom is -0.385 e. The molecule has 0 aliphatic heterocycles. The molecule has 0 radical (unpaired) electrons. The second-order valence-electron chi connectivity index (χ2n) is 3.97. The molecule has 0 saturated heterocycles. The topological polar surface area (TPSA) is 73.1 Å². The predicted octanol–water partition coefficient (Wildman–Crippen LogP) is 1.85. The highest BCUT2D eigenvalue weighted by Gasteiger charge is 2.01. The van der Waals surface area contributed by atoms with Gasteiger partial charge in [0.05, 0.1) is 0 Å². The number of ether oxygens (including phenoxy) is 1. The van der Waals surface area contributed by atoms with E-state index in [1.165, 1.54) is 0 Å². The van der Waals surface area contributed by atoms with E-state index >= 15 is 0 Å². The van der Waals surface area contributed by atoms with Crippen LogP contribution in [0.2, 0.25) is 0 Å². The number of aromatic nitrogens is 2. The van der Waals surface area contributed by atoms with E-state index in [0.29, 0.717) is 5.82 Å². The minimum atomic E-state index is 0.530. The molecule has 0 amide bonds. The van der Waals surface area contributed by atoms with Crippen LogP contribution in [-0.4, -0.2) is 30.2 Å². The first kappa shape index (κ1) is 13.7. The molecule has 1 rings (SSSR count). The quantitative estimate of drug-likeness (QED) is 0.676. The van der Waals surface area contributed by atoms with Crippen molar-refractivity contribution in [2.24, 2.45) is 0 Å². The molecule has 96 valence electrons. The van der Waals surface area contributed by atoms with E-state index in [1.807, 2.05) is 0 Å². The largest absolute Gasteiger partial charge is 0.385 e. The predicted molar refractivity (Wildman–Crippen MR) is 70.0 cm³/mol. The van der Waals surface area contributed by atoms with Gasteiger partial charge >= 0.3 is 0 Å². The number of hydrogen-bond acceptors (Lipinski definition) is 5. The van der Waals surface area contributed by atoms with Gasteiger partial charge in [0.2, 0.25) is 0 Å². The van der Waals surface area contributed by atoms with E-state index in [9.17, 15) is 0 Å². The SMILES string of the molecule is CCCc1nc(N)cc(NCCCCOC)n1. The average Bonchev–Trinajstić information content (AvgIpc) is 2.28. The number of aryl methyl sites for hydroxylation is 1. The van der Waals surface area contributed by atoms with Crippen LogP contribution in [0.4, 0.5) is 11.6 Å². The number of rotatable bonds is 8. The molecule has 0 unspecified atom stereocenters. The van der Waals surface area contributed by atoms with Crippen LogP contribution in [0, 0.1) is 0 Å². The van der Waals surface area contributed by atoms with Crippen LogP contribution in [0.25, 0.3) is 0 Å². The van der Waals surface area contributed by atoms with Gasteiger partial charge in [-0.3, -0.25) is 0 Å². The number of unbranched alkanes of at least 4 members (excludes halogenated alkanes) is 1. The van der Waals surface area contributed by atoms with Gasteiger partial charge in [0, 0.05) is 32.7 Å². The Labute approximate surface area is 103 Å². The summed E-state index contributed by atoms with van der Waals surface area (Å²) < 4.78 is 4.99. The van der Waals surface area contributed by atoms with Crippen molar-refractivity contribution in [1.82, 2.24) is 9.97 Å². The highest BCUT2D eigenvalue weighted by molar-refractivity contribution is 5.44. The summed E-state index contributed by atoms with van der Waals surface area (Å²) in [5.74, 6) is 2.16. The molecule has 0 spiro atoms. The van der Waals surface area contributed by atoms with Crippen molar-refractivity contribution in [2.75, 3.05) is 31.3 Å². The summed E-state index contributed by atoms with van der Waals surface area (Å²) in [7, 11) is 1.72. The third-order valence-electron chi connectivity index (χ3n) is 2.35. The molecule has 0 bridgehead atoms. The number of nitrogens with two attached hydrogens (primary N) is 1. The van der Waals surface area contributed by atoms with Crippen molar-refractivity contribution in [1.29, 1.82) is 0 Å². The van der Waals surface area contributed by atoms with E-state index in [2.05, 4.69) is 22.2 Å². The molecule has 17 heavy (non-hydrogen) atoms. The normalized spacial score (nSPS) is 10.5. The first-order valence-corrected chi connectivity index (χ1v) is 6.12. The van der Waals surface area contributed by atoms with E-state index in [-0.39, 0.29) is 0 Å². The Morgan fingerprint density at radius 1 is 1.35 bits per heavy atom. The summed E-state index contributed by atoms with van der Waals surface area (Å²) in [4.78, 5) is 8.60. The van der Waals surface area contributed by atoms with Crippen molar-refractivity contribution in [3.63, 3.8) is 0 Å². The molecule has 5 heteroatoms. The Morgan fingerprint density at radius 3 is 2.88 bits per heavy atom. The first-order chi connectivity index (χ1) is 8.26. The number of methoxy groups -OCH3 is 1. The fourth-order valence-corrected chi connectivity index (χ4v) is 1.53. The Balaban J connectivity index is 2.41. The number of nitrogen functional groups attached to an aromatic ring is 1. The third-order valence-corrected chi connectivity index (χ3v) is 2.35. The minimum absolute atomic E-state index is 0.530. The lowest BCUT2D eigenvalue weighted by Crippen LogP contribution is -2.08. The summed E-state index contributed by atoms with van der Waals surface area (Å²) in [5.41, 5.74) is 5.73. The number of anilines is 2. The Hall–Kier alpha value is -1.36. The van der Waals surface area contributed by atoms with Gasteiger partial charge in [-0.1, -0.05) is 6.92 Å². The number of nitrogens with zero attached hydrogens (tertiary/aromatic N) is 2. The number of nitrogens with one attached hydrogen (secondary N) is 1. The summed E-state index contributed by atoms with van der Waals surface area (Å²) in [6.07, 6.45) is 3.99. The summed E-state index contributed by atoms with van der Waals surface area (Å²) >= 11 is 0. The summed E-state index contributed by atoms with van der Waals surface area (Å²) in [5, 5.41) is 3.26. The zero-order valence-corrected chi connectivity index (χ0v) is 10.7. The maximum atomic E-state index is 5.73. The third kappa shape index (κ3) is 5.49. The van der Waals surface area contributed by atoms with Gasteiger partial charge in [-0.05, 0) is 19.3 Å². The number of hydrogen-bond donors (Lipinski definition) is 2. The Bertz CT molecular complexity index is 330. The molecule has 5 nitrogen and oxygen atoms in total. The molecule has 1 aromatic rings. The van der Waals surface area contributed by atoms with E-state index < -0.39 is 0 Å². The molecule has 1 aromatic heterocycles. The van der Waals surface area contributed by atoms with E-state index in [1.54, 1.807) is 13.2 Å². The van der Waals surface area contributed by atoms with Crippen molar-refractivity contribution < 1.29 is 4.74 Å². The van der Waals surface area contributed by atoms with Gasteiger partial charge in [-0.15, -0.1) is 0 Å². The summed E-state index contributed by atoms with van der Waals surface area (Å²) in [6.45, 7) is 3.78. The lowest BCUT2D eigenvalue weighted by Gasteiger charge is -2.07. The molecular weight excluding hydrogens is 216 g/mol. The molecule has 3 N–H and O–H groups in total. The lowest BCUT2D eigenvalue weighted by molar-refractivity contribution is 0.194. The standard InChI is InChI=1S/C12H22N4O/c1-3-6-11-15-10(13)9-12(16-11)14-7-4-5-8-17-2/h9H,3-8H2,1-2H3,(H3,13,14,15,16). The highest BCUT2D eigenvalue weighted by atomic mass is 16.5. The highest BCUT2D eigenvalue weighted by Crippen LogP contribution is 2.09. The molecular formula is C12H22N4O. The van der Waals surface area contributed by atoms with Crippen LogP contribution in [-0.2, 0) is 11.2 Å². The van der Waals surface area contributed by atoms with Crippen LogP contribution < -0.4 is 11.1 Å². The van der Waals surface area contributed by atoms with Crippen LogP contribution in [0.3, 0.4) is 0 Å². The lowest BCUT2D eigenvalue weighted by atomic mass is 10.3. The van der Waals surface area contributed by atoms with Crippen molar-refractivity contribution in [3.05, 3.63) is 11.9 Å². The van der Waals surface area contributed by atoms with Crippen LogP contribution in [0.5, 0.6) is 0 Å². The molecule has 0 fully saturated rings. The van der Waals surface area contributed by atoms with Gasteiger partial charge in [0.1, 0.15) is 17.5 Å². The second-order valence-corrected chi connectivity index (χ2v) is 3.97. The van der Waals surface area contributed by atoms with E-state index in [4.69, 9.17) is 10.5 Å². The van der Waals surface area contributed by atoms with Crippen molar-refractivity contribution in [3.8, 4) is 0 Å². The van der Waals surface area contributed by atoms with Crippen molar-refractivity contribution >= 4 is 11.6 Å². The maximum absolute atomic E-state index is 5.73. The molecule has 0 aromatic carbocycles. The fraction of sp³-hybridized carbons (Fsp3) is 0.667. The zero-order chi connectivity index (χ0) is 12.5. The molecule has 1 heterocycles. The van der Waals surface area contributed by atoms with Crippen molar-refractivity contribution in [2.45, 2.75) is 32.6 Å². The van der Waals surface area contributed by atoms with Crippen LogP contribution in [0.15, 0.2) is 6.07 Å². The maximum Gasteiger partial charge on any atom is 0.133 e. The van der Waals surface area contributed by atoms with Gasteiger partial charge in [0.15, 0.2) is 0 Å². The first-order valence-electron chi connectivity index (χ1n) is 6.12. The Morgan fingerprint density at radius 2 is 2.18 bits per heavy atom. The van der Waals surface area contributed by atoms with Gasteiger partial charge in [-0.25, -0.2) is 9.97 Å². The summed E-state index contributed by atoms with van der Waals surface area (Å²) in [6, 6.07) is 1.77. The van der Waals surface area contributed by atoms with Gasteiger partial charge < -0.3 is 15.8 Å². The van der Waals surface area contributed by atoms with Crippen LogP contribution in [0.1, 0.15) is 32.0 Å². The Kier molecular flexibility index (Phi) is 6.32. The monoisotopic (exact) mass is 238 g/mol. The molecule has 0 aliphatic carbocycles.